The topological polar surface area (TPSA) is 23.6 Å². The van der Waals surface area contributed by atoms with Crippen LogP contribution < -0.4 is 4.90 Å². The number of hydrogen-bond donors (Lipinski definition) is 0. The Morgan fingerprint density at radius 2 is 1.68 bits per heavy atom. The van der Waals surface area contributed by atoms with E-state index in [0.717, 1.165) is 41.8 Å². The Hall–Kier alpha value is -1.36. The molecule has 1 saturated heterocycles. The number of rotatable bonds is 4. The molecule has 3 nitrogen and oxygen atoms in total. The highest BCUT2D eigenvalue weighted by atomic mass is 35.5. The van der Waals surface area contributed by atoms with Gasteiger partial charge >= 0.3 is 0 Å². The molecular formula is C19H20Cl2N2OS. The predicted molar refractivity (Wildman–Crippen MR) is 107 cm³/mol. The third-order valence-electron chi connectivity index (χ3n) is 4.24. The number of piperazine rings is 1. The average Bonchev–Trinajstić information content (AvgIpc) is 2.63. The van der Waals surface area contributed by atoms with Gasteiger partial charge in [0.05, 0.1) is 5.25 Å². The first-order valence-corrected chi connectivity index (χ1v) is 9.88. The van der Waals surface area contributed by atoms with E-state index in [4.69, 9.17) is 23.2 Å². The highest BCUT2D eigenvalue weighted by Crippen LogP contribution is 2.27. The number of carbonyl (C=O) groups is 1. The first kappa shape index (κ1) is 18.4. The Kier molecular flexibility index (Phi) is 6.15. The zero-order chi connectivity index (χ0) is 17.8. The summed E-state index contributed by atoms with van der Waals surface area (Å²) in [6.45, 7) is 5.08. The van der Waals surface area contributed by atoms with Gasteiger partial charge in [0, 0.05) is 46.8 Å². The van der Waals surface area contributed by atoms with Crippen LogP contribution >= 0.6 is 35.0 Å². The van der Waals surface area contributed by atoms with Gasteiger partial charge in [0.15, 0.2) is 0 Å². The van der Waals surface area contributed by atoms with Crippen LogP contribution in [0.2, 0.25) is 10.0 Å². The fourth-order valence-electron chi connectivity index (χ4n) is 2.88. The molecular weight excluding hydrogens is 375 g/mol. The van der Waals surface area contributed by atoms with Crippen LogP contribution in [0.15, 0.2) is 53.4 Å². The van der Waals surface area contributed by atoms with E-state index >= 15 is 0 Å². The maximum atomic E-state index is 12.7. The molecule has 0 unspecified atom stereocenters. The van der Waals surface area contributed by atoms with Crippen LogP contribution in [-0.2, 0) is 4.79 Å². The van der Waals surface area contributed by atoms with E-state index < -0.39 is 0 Å². The van der Waals surface area contributed by atoms with Crippen LogP contribution in [0.3, 0.4) is 0 Å². The summed E-state index contributed by atoms with van der Waals surface area (Å²) in [6, 6.07) is 15.5. The summed E-state index contributed by atoms with van der Waals surface area (Å²) in [7, 11) is 0. The summed E-state index contributed by atoms with van der Waals surface area (Å²) >= 11 is 13.6. The number of halogens is 2. The van der Waals surface area contributed by atoms with Crippen molar-refractivity contribution in [1.29, 1.82) is 0 Å². The quantitative estimate of drug-likeness (QED) is 0.694. The van der Waals surface area contributed by atoms with Crippen molar-refractivity contribution in [3.8, 4) is 0 Å². The van der Waals surface area contributed by atoms with Crippen LogP contribution in [0.4, 0.5) is 5.69 Å². The van der Waals surface area contributed by atoms with Crippen molar-refractivity contribution in [1.82, 2.24) is 4.90 Å². The van der Waals surface area contributed by atoms with Gasteiger partial charge in [-0.1, -0.05) is 29.3 Å². The molecule has 0 saturated carbocycles. The van der Waals surface area contributed by atoms with Crippen molar-refractivity contribution < 1.29 is 4.79 Å². The highest BCUT2D eigenvalue weighted by Gasteiger charge is 2.25. The second-order valence-corrected chi connectivity index (χ2v) is 8.29. The molecule has 0 spiro atoms. The normalized spacial score (nSPS) is 16.0. The van der Waals surface area contributed by atoms with E-state index in [2.05, 4.69) is 11.0 Å². The predicted octanol–water partition coefficient (Wildman–Crippen LogP) is 4.82. The molecule has 0 radical (unpaired) electrons. The monoisotopic (exact) mass is 394 g/mol. The molecule has 0 N–H and O–H groups in total. The summed E-state index contributed by atoms with van der Waals surface area (Å²) in [6.07, 6.45) is 0. The maximum absolute atomic E-state index is 12.7. The molecule has 2 aromatic rings. The molecule has 1 heterocycles. The van der Waals surface area contributed by atoms with Gasteiger partial charge in [-0.3, -0.25) is 4.79 Å². The van der Waals surface area contributed by atoms with Crippen LogP contribution in [0, 0.1) is 0 Å². The second-order valence-electron chi connectivity index (χ2n) is 6.01. The Balaban J connectivity index is 1.54. The molecule has 132 valence electrons. The van der Waals surface area contributed by atoms with Gasteiger partial charge < -0.3 is 9.80 Å². The van der Waals surface area contributed by atoms with Gasteiger partial charge in [-0.25, -0.2) is 0 Å². The number of carbonyl (C=O) groups excluding carboxylic acids is 1. The third kappa shape index (κ3) is 4.84. The molecule has 1 fully saturated rings. The molecule has 6 heteroatoms. The molecule has 1 atom stereocenters. The van der Waals surface area contributed by atoms with E-state index in [9.17, 15) is 4.79 Å². The molecule has 0 bridgehead atoms. The van der Waals surface area contributed by atoms with Crippen LogP contribution in [-0.4, -0.2) is 42.2 Å². The standard InChI is InChI=1S/C19H20Cl2N2OS/c1-14(25-18-7-5-15(20)6-8-18)19(24)23-11-9-22(10-12-23)17-4-2-3-16(21)13-17/h2-8,13-14H,9-12H2,1H3/t14-/m1/s1. The molecule has 2 aromatic carbocycles. The number of thioether (sulfide) groups is 1. The van der Waals surface area contributed by atoms with E-state index in [1.165, 1.54) is 0 Å². The smallest absolute Gasteiger partial charge is 0.235 e. The van der Waals surface area contributed by atoms with Gasteiger partial charge in [0.2, 0.25) is 5.91 Å². The van der Waals surface area contributed by atoms with Gasteiger partial charge in [-0.2, -0.15) is 0 Å². The summed E-state index contributed by atoms with van der Waals surface area (Å²) in [5.74, 6) is 0.186. The van der Waals surface area contributed by atoms with Crippen molar-refractivity contribution in [2.45, 2.75) is 17.1 Å². The molecule has 1 amide bonds. The lowest BCUT2D eigenvalue weighted by atomic mass is 10.2. The first-order valence-electron chi connectivity index (χ1n) is 8.24. The van der Waals surface area contributed by atoms with E-state index in [1.54, 1.807) is 11.8 Å². The number of anilines is 1. The summed E-state index contributed by atoms with van der Waals surface area (Å²) in [5.41, 5.74) is 1.11. The zero-order valence-corrected chi connectivity index (χ0v) is 16.3. The van der Waals surface area contributed by atoms with Crippen molar-refractivity contribution in [3.63, 3.8) is 0 Å². The van der Waals surface area contributed by atoms with Crippen molar-refractivity contribution >= 4 is 46.6 Å². The van der Waals surface area contributed by atoms with Gasteiger partial charge in [-0.05, 0) is 49.4 Å². The van der Waals surface area contributed by atoms with Crippen LogP contribution in [0.1, 0.15) is 6.92 Å². The van der Waals surface area contributed by atoms with Crippen molar-refractivity contribution in [2.75, 3.05) is 31.1 Å². The summed E-state index contributed by atoms with van der Waals surface area (Å²) in [5, 5.41) is 1.34. The molecule has 3 rings (SSSR count). The number of amides is 1. The molecule has 0 aliphatic carbocycles. The molecule has 0 aromatic heterocycles. The molecule has 1 aliphatic rings. The zero-order valence-electron chi connectivity index (χ0n) is 14.0. The van der Waals surface area contributed by atoms with E-state index in [0.29, 0.717) is 5.02 Å². The minimum absolute atomic E-state index is 0.112. The number of nitrogens with zero attached hydrogens (tertiary/aromatic N) is 2. The van der Waals surface area contributed by atoms with E-state index in [-0.39, 0.29) is 11.2 Å². The third-order valence-corrected chi connectivity index (χ3v) is 5.83. The Morgan fingerprint density at radius 3 is 2.32 bits per heavy atom. The average molecular weight is 395 g/mol. The Bertz CT molecular complexity index is 730. The lowest BCUT2D eigenvalue weighted by Crippen LogP contribution is -2.50. The Labute approximate surface area is 162 Å². The fourth-order valence-corrected chi connectivity index (χ4v) is 4.14. The number of hydrogen-bond acceptors (Lipinski definition) is 3. The fraction of sp³-hybridized carbons (Fsp3) is 0.316. The van der Waals surface area contributed by atoms with Gasteiger partial charge in [0.25, 0.3) is 0 Å². The summed E-state index contributed by atoms with van der Waals surface area (Å²) in [4.78, 5) is 18.0. The first-order chi connectivity index (χ1) is 12.0. The Morgan fingerprint density at radius 1 is 1.00 bits per heavy atom. The minimum atomic E-state index is -0.112. The van der Waals surface area contributed by atoms with Crippen molar-refractivity contribution in [2.24, 2.45) is 0 Å². The highest BCUT2D eigenvalue weighted by molar-refractivity contribution is 8.00. The molecule has 1 aliphatic heterocycles. The van der Waals surface area contributed by atoms with Crippen LogP contribution in [0.5, 0.6) is 0 Å². The lowest BCUT2D eigenvalue weighted by Gasteiger charge is -2.37. The second kappa shape index (κ2) is 8.35. The van der Waals surface area contributed by atoms with E-state index in [1.807, 2.05) is 54.3 Å². The van der Waals surface area contributed by atoms with Gasteiger partial charge in [-0.15, -0.1) is 11.8 Å². The van der Waals surface area contributed by atoms with Gasteiger partial charge in [0.1, 0.15) is 0 Å². The number of benzene rings is 2. The van der Waals surface area contributed by atoms with Crippen molar-refractivity contribution in [3.05, 3.63) is 58.6 Å². The summed E-state index contributed by atoms with van der Waals surface area (Å²) < 4.78 is 0. The largest absolute Gasteiger partial charge is 0.368 e. The van der Waals surface area contributed by atoms with Crippen LogP contribution in [0.25, 0.3) is 0 Å². The maximum Gasteiger partial charge on any atom is 0.235 e. The lowest BCUT2D eigenvalue weighted by molar-refractivity contribution is -0.130. The molecule has 25 heavy (non-hydrogen) atoms. The SMILES string of the molecule is C[C@@H](Sc1ccc(Cl)cc1)C(=O)N1CCN(c2cccc(Cl)c2)CC1. The minimum Gasteiger partial charge on any atom is -0.368 e.